The summed E-state index contributed by atoms with van der Waals surface area (Å²) in [5.74, 6) is 0.880. The first-order valence-corrected chi connectivity index (χ1v) is 12.6. The third-order valence-corrected chi connectivity index (χ3v) is 7.33. The topological polar surface area (TPSA) is 87.4 Å². The van der Waals surface area contributed by atoms with Crippen molar-refractivity contribution in [3.05, 3.63) is 70.8 Å². The van der Waals surface area contributed by atoms with E-state index in [1.807, 2.05) is 53.1 Å². The van der Waals surface area contributed by atoms with Gasteiger partial charge in [0, 0.05) is 22.1 Å². The number of hydrogen-bond donors (Lipinski definition) is 3. The van der Waals surface area contributed by atoms with Crippen molar-refractivity contribution in [2.75, 3.05) is 4.72 Å². The predicted molar refractivity (Wildman–Crippen MR) is 133 cm³/mol. The van der Waals surface area contributed by atoms with Gasteiger partial charge in [-0.05, 0) is 23.6 Å². The quantitative estimate of drug-likeness (QED) is 0.257. The lowest BCUT2D eigenvalue weighted by Crippen LogP contribution is -2.06. The molecule has 2 aromatic heterocycles. The number of aliphatic hydroxyl groups excluding tert-OH is 1. The van der Waals surface area contributed by atoms with Crippen LogP contribution < -0.4 is 4.72 Å². The number of aryl methyl sites for hydroxylation is 1. The summed E-state index contributed by atoms with van der Waals surface area (Å²) < 4.78 is 26.4. The van der Waals surface area contributed by atoms with Crippen molar-refractivity contribution < 1.29 is 13.9 Å². The molecule has 4 rings (SSSR count). The van der Waals surface area contributed by atoms with E-state index >= 15 is 0 Å². The molecule has 0 aliphatic rings. The summed E-state index contributed by atoms with van der Waals surface area (Å²) >= 11 is 5.79. The number of hydrogen-bond acceptors (Lipinski definition) is 4. The second-order valence-electron chi connectivity index (χ2n) is 7.46. The van der Waals surface area contributed by atoms with Gasteiger partial charge in [-0.3, -0.25) is 9.27 Å². The summed E-state index contributed by atoms with van der Waals surface area (Å²) in [5.41, 5.74) is 3.42. The van der Waals surface area contributed by atoms with Crippen LogP contribution in [0.15, 0.2) is 48.5 Å². The number of imidazole rings is 1. The Morgan fingerprint density at radius 3 is 2.62 bits per heavy atom. The van der Waals surface area contributed by atoms with Crippen molar-refractivity contribution >= 4 is 49.3 Å². The molecule has 0 aliphatic heterocycles. The molecule has 2 heterocycles. The average molecular weight is 490 g/mol. The maximum atomic E-state index is 11.4. The summed E-state index contributed by atoms with van der Waals surface area (Å²) in [5, 5.41) is 11.7. The van der Waals surface area contributed by atoms with Crippen molar-refractivity contribution in [2.45, 2.75) is 39.3 Å². The standard InChI is InChI=1S/C23H24ClN3O3S2/c1-2-3-8-20-25-18(14-28)22(24)27(20)13-15-9-11-16(12-10-15)21-17-6-4-5-7-19(17)31-23(21)26-32(29)30/h4-7,9-12,26,28H,2-3,8,13-14H2,1H3,(H,29,30). The first-order valence-electron chi connectivity index (χ1n) is 10.3. The van der Waals surface area contributed by atoms with Crippen molar-refractivity contribution in [1.29, 1.82) is 0 Å². The number of anilines is 1. The Morgan fingerprint density at radius 2 is 1.94 bits per heavy atom. The van der Waals surface area contributed by atoms with Gasteiger partial charge in [-0.25, -0.2) is 9.19 Å². The summed E-state index contributed by atoms with van der Waals surface area (Å²) in [6.45, 7) is 2.50. The van der Waals surface area contributed by atoms with Crippen molar-refractivity contribution in [1.82, 2.24) is 9.55 Å². The van der Waals surface area contributed by atoms with Crippen LogP contribution in [0.3, 0.4) is 0 Å². The summed E-state index contributed by atoms with van der Waals surface area (Å²) in [7, 11) is 0. The summed E-state index contributed by atoms with van der Waals surface area (Å²) in [6.07, 6.45) is 2.87. The highest BCUT2D eigenvalue weighted by Gasteiger charge is 2.17. The van der Waals surface area contributed by atoms with Gasteiger partial charge in [0.05, 0.1) is 13.2 Å². The lowest BCUT2D eigenvalue weighted by atomic mass is 10.0. The Labute approximate surface area is 198 Å². The smallest absolute Gasteiger partial charge is 0.259 e. The van der Waals surface area contributed by atoms with Gasteiger partial charge in [-0.2, -0.15) is 0 Å². The van der Waals surface area contributed by atoms with E-state index < -0.39 is 11.3 Å². The molecule has 0 aliphatic carbocycles. The van der Waals surface area contributed by atoms with Crippen molar-refractivity contribution in [3.8, 4) is 11.1 Å². The zero-order valence-electron chi connectivity index (χ0n) is 17.5. The lowest BCUT2D eigenvalue weighted by Gasteiger charge is -2.11. The van der Waals surface area contributed by atoms with Gasteiger partial charge in [-0.15, -0.1) is 11.3 Å². The highest BCUT2D eigenvalue weighted by Crippen LogP contribution is 2.42. The van der Waals surface area contributed by atoms with E-state index in [4.69, 9.17) is 11.6 Å². The molecule has 32 heavy (non-hydrogen) atoms. The predicted octanol–water partition coefficient (Wildman–Crippen LogP) is 5.85. The fourth-order valence-electron chi connectivity index (χ4n) is 3.76. The fourth-order valence-corrected chi connectivity index (χ4v) is 5.64. The molecule has 1 atom stereocenters. The van der Waals surface area contributed by atoms with E-state index in [1.54, 1.807) is 0 Å². The van der Waals surface area contributed by atoms with E-state index in [9.17, 15) is 13.9 Å². The van der Waals surface area contributed by atoms with Crippen molar-refractivity contribution in [3.63, 3.8) is 0 Å². The first kappa shape index (κ1) is 22.9. The minimum atomic E-state index is -2.15. The van der Waals surface area contributed by atoms with Crippen molar-refractivity contribution in [2.24, 2.45) is 0 Å². The molecule has 2 aromatic carbocycles. The van der Waals surface area contributed by atoms with Gasteiger partial charge in [-0.1, -0.05) is 67.4 Å². The number of aliphatic hydroxyl groups is 1. The molecule has 6 nitrogen and oxygen atoms in total. The molecule has 3 N–H and O–H groups in total. The third-order valence-electron chi connectivity index (χ3n) is 5.31. The summed E-state index contributed by atoms with van der Waals surface area (Å²) in [6, 6.07) is 16.0. The molecular weight excluding hydrogens is 466 g/mol. The fraction of sp³-hybridized carbons (Fsp3) is 0.261. The maximum absolute atomic E-state index is 11.4. The molecule has 0 fully saturated rings. The number of benzene rings is 2. The van der Waals surface area contributed by atoms with E-state index in [0.717, 1.165) is 51.9 Å². The SMILES string of the molecule is CCCCc1nc(CO)c(Cl)n1Cc1ccc(-c2c(NS(=O)O)sc3ccccc23)cc1. The molecule has 0 radical (unpaired) electrons. The first-order chi connectivity index (χ1) is 15.5. The van der Waals surface area contributed by atoms with Crippen LogP contribution in [0.2, 0.25) is 5.15 Å². The van der Waals surface area contributed by atoms with Gasteiger partial charge in [0.25, 0.3) is 11.3 Å². The number of halogens is 1. The van der Waals surface area contributed by atoms with Crippen LogP contribution in [0.1, 0.15) is 36.8 Å². The second-order valence-corrected chi connectivity index (χ2v) is 9.58. The number of aromatic nitrogens is 2. The minimum Gasteiger partial charge on any atom is -0.390 e. The zero-order valence-corrected chi connectivity index (χ0v) is 19.9. The number of rotatable bonds is 9. The highest BCUT2D eigenvalue weighted by molar-refractivity contribution is 7.81. The third kappa shape index (κ3) is 4.74. The molecular formula is C23H24ClN3O3S2. The van der Waals surface area contributed by atoms with Gasteiger partial charge < -0.3 is 9.67 Å². The minimum absolute atomic E-state index is 0.183. The van der Waals surface area contributed by atoms with E-state index in [0.29, 0.717) is 22.4 Å². The number of nitrogens with one attached hydrogen (secondary N) is 1. The lowest BCUT2D eigenvalue weighted by molar-refractivity contribution is 0.277. The van der Waals surface area contributed by atoms with E-state index in [1.165, 1.54) is 11.3 Å². The molecule has 0 saturated heterocycles. The van der Waals surface area contributed by atoms with Crippen LogP contribution in [-0.2, 0) is 30.8 Å². The van der Waals surface area contributed by atoms with Crippen LogP contribution in [0.5, 0.6) is 0 Å². The molecule has 0 spiro atoms. The number of nitrogens with zero attached hydrogens (tertiary/aromatic N) is 2. The second kappa shape index (κ2) is 10.1. The van der Waals surface area contributed by atoms with Gasteiger partial charge in [0.1, 0.15) is 21.7 Å². The Hall–Kier alpha value is -2.23. The number of unbranched alkanes of at least 4 members (excludes halogenated alkanes) is 1. The molecule has 0 amide bonds. The number of thiophene rings is 1. The van der Waals surface area contributed by atoms with Crippen LogP contribution in [0, 0.1) is 0 Å². The molecule has 0 saturated carbocycles. The Morgan fingerprint density at radius 1 is 1.19 bits per heavy atom. The maximum Gasteiger partial charge on any atom is 0.259 e. The van der Waals surface area contributed by atoms with Gasteiger partial charge in [0.15, 0.2) is 0 Å². The van der Waals surface area contributed by atoms with E-state index in [-0.39, 0.29) is 6.61 Å². The molecule has 4 aromatic rings. The normalized spacial score (nSPS) is 12.4. The zero-order chi connectivity index (χ0) is 22.7. The molecule has 9 heteroatoms. The average Bonchev–Trinajstić information content (AvgIpc) is 3.29. The van der Waals surface area contributed by atoms with Crippen LogP contribution in [0.4, 0.5) is 5.00 Å². The molecule has 1 unspecified atom stereocenters. The summed E-state index contributed by atoms with van der Waals surface area (Å²) in [4.78, 5) is 4.52. The number of fused-ring (bicyclic) bond motifs is 1. The monoisotopic (exact) mass is 489 g/mol. The van der Waals surface area contributed by atoms with Gasteiger partial charge in [0.2, 0.25) is 0 Å². The largest absolute Gasteiger partial charge is 0.390 e. The van der Waals surface area contributed by atoms with Gasteiger partial charge >= 0.3 is 0 Å². The Kier molecular flexibility index (Phi) is 7.27. The van der Waals surface area contributed by atoms with Crippen LogP contribution in [0.25, 0.3) is 21.2 Å². The highest BCUT2D eigenvalue weighted by atomic mass is 35.5. The molecule has 168 valence electrons. The Bertz CT molecular complexity index is 1250. The van der Waals surface area contributed by atoms with Crippen LogP contribution in [-0.4, -0.2) is 23.4 Å². The Balaban J connectivity index is 1.67. The van der Waals surface area contributed by atoms with Crippen LogP contribution >= 0.6 is 22.9 Å². The van der Waals surface area contributed by atoms with E-state index in [2.05, 4.69) is 16.6 Å². The molecule has 0 bridgehead atoms.